The van der Waals surface area contributed by atoms with Crippen LogP contribution in [0.4, 0.5) is 0 Å². The van der Waals surface area contributed by atoms with Gasteiger partial charge in [-0.1, -0.05) is 273 Å². The van der Waals surface area contributed by atoms with Crippen LogP contribution >= 0.6 is 15.6 Å². The van der Waals surface area contributed by atoms with E-state index in [1.807, 2.05) is 0 Å². The molecule has 498 valence electrons. The third kappa shape index (κ3) is 59.0. The van der Waals surface area contributed by atoms with Gasteiger partial charge in [0.05, 0.1) is 26.4 Å². The predicted octanol–water partition coefficient (Wildman–Crippen LogP) is 18.0. The van der Waals surface area contributed by atoms with Gasteiger partial charge in [-0.15, -0.1) is 0 Å². The summed E-state index contributed by atoms with van der Waals surface area (Å²) >= 11 is 0. The maximum absolute atomic E-state index is 13.0. The van der Waals surface area contributed by atoms with Gasteiger partial charge >= 0.3 is 39.5 Å². The molecule has 0 aliphatic carbocycles. The Balaban J connectivity index is 5.12. The maximum atomic E-state index is 13.0. The first-order chi connectivity index (χ1) is 40.4. The van der Waals surface area contributed by atoms with Crippen LogP contribution in [0.15, 0.2) is 0 Å². The van der Waals surface area contributed by atoms with Gasteiger partial charge in [-0.05, 0) is 37.5 Å². The molecule has 0 saturated heterocycles. The Morgan fingerprint density at radius 2 is 0.548 bits per heavy atom. The molecule has 84 heavy (non-hydrogen) atoms. The van der Waals surface area contributed by atoms with E-state index in [0.717, 1.165) is 102 Å². The summed E-state index contributed by atoms with van der Waals surface area (Å²) < 4.78 is 67.8. The molecule has 0 aliphatic heterocycles. The van der Waals surface area contributed by atoms with Gasteiger partial charge in [0.25, 0.3) is 0 Å². The summed E-state index contributed by atoms with van der Waals surface area (Å²) in [6.07, 6.45) is 41.1. The number of carbonyl (C=O) groups excluding carboxylic acids is 4. The predicted molar refractivity (Wildman–Crippen MR) is 335 cm³/mol. The van der Waals surface area contributed by atoms with Crippen molar-refractivity contribution in [3.63, 3.8) is 0 Å². The van der Waals surface area contributed by atoms with Crippen molar-refractivity contribution in [3.8, 4) is 0 Å². The van der Waals surface area contributed by atoms with Gasteiger partial charge in [0.1, 0.15) is 19.3 Å². The van der Waals surface area contributed by atoms with Crippen LogP contribution < -0.4 is 0 Å². The normalized spacial score (nSPS) is 14.3. The second kappa shape index (κ2) is 57.5. The number of hydrogen-bond donors (Lipinski definition) is 3. The second-order valence-corrected chi connectivity index (χ2v) is 27.4. The molecule has 0 heterocycles. The zero-order valence-corrected chi connectivity index (χ0v) is 56.0. The number of unbranched alkanes of at least 4 members (excludes halogenated alkanes) is 34. The highest BCUT2D eigenvalue weighted by molar-refractivity contribution is 7.47. The van der Waals surface area contributed by atoms with E-state index < -0.39 is 97.5 Å². The van der Waals surface area contributed by atoms with Crippen LogP contribution in [0.5, 0.6) is 0 Å². The average Bonchev–Trinajstić information content (AvgIpc) is 3.64. The number of esters is 4. The van der Waals surface area contributed by atoms with Crippen LogP contribution in [0.25, 0.3) is 0 Å². The summed E-state index contributed by atoms with van der Waals surface area (Å²) in [6.45, 7) is 9.28. The Kier molecular flexibility index (Phi) is 56.2. The summed E-state index contributed by atoms with van der Waals surface area (Å²) in [5.41, 5.74) is 0. The van der Waals surface area contributed by atoms with E-state index in [-0.39, 0.29) is 25.7 Å². The number of ether oxygens (including phenoxy) is 4. The van der Waals surface area contributed by atoms with Crippen molar-refractivity contribution in [2.45, 2.75) is 342 Å². The molecule has 0 rings (SSSR count). The highest BCUT2D eigenvalue weighted by Gasteiger charge is 2.30. The van der Waals surface area contributed by atoms with Crippen LogP contribution in [-0.4, -0.2) is 96.7 Å². The minimum atomic E-state index is -4.94. The lowest BCUT2D eigenvalue weighted by Gasteiger charge is -2.21. The molecule has 0 aromatic carbocycles. The fourth-order valence-electron chi connectivity index (χ4n) is 9.71. The molecule has 0 aromatic heterocycles. The van der Waals surface area contributed by atoms with Crippen LogP contribution in [0.3, 0.4) is 0 Å². The fraction of sp³-hybridized carbons (Fsp3) is 0.938. The molecule has 5 atom stereocenters. The maximum Gasteiger partial charge on any atom is 0.472 e. The SMILES string of the molecule is CCCCCCCCCCCCCCCCCCCCCC(=O)O[C@H](COC(=O)CCCCCCCCCCC(C)C)COP(=O)(O)OC[C@@H](O)COP(=O)(O)OC[C@@H](COC(=O)CCCCCCC)OC(=O)CCCCCCCCC(C)C. The Morgan fingerprint density at radius 1 is 0.321 bits per heavy atom. The molecule has 0 fully saturated rings. The van der Waals surface area contributed by atoms with Crippen molar-refractivity contribution in [2.75, 3.05) is 39.6 Å². The minimum Gasteiger partial charge on any atom is -0.462 e. The van der Waals surface area contributed by atoms with Crippen molar-refractivity contribution in [1.82, 2.24) is 0 Å². The topological polar surface area (TPSA) is 237 Å². The van der Waals surface area contributed by atoms with Gasteiger partial charge in [-0.25, -0.2) is 9.13 Å². The number of aliphatic hydroxyl groups is 1. The van der Waals surface area contributed by atoms with Crippen molar-refractivity contribution in [1.29, 1.82) is 0 Å². The Bertz CT molecular complexity index is 1650. The average molecular weight is 1240 g/mol. The molecule has 0 spiro atoms. The lowest BCUT2D eigenvalue weighted by atomic mass is 10.0. The van der Waals surface area contributed by atoms with E-state index >= 15 is 0 Å². The molecule has 17 nitrogen and oxygen atoms in total. The lowest BCUT2D eigenvalue weighted by Crippen LogP contribution is -2.30. The Morgan fingerprint density at radius 3 is 0.810 bits per heavy atom. The molecule has 0 aliphatic rings. The highest BCUT2D eigenvalue weighted by atomic mass is 31.2. The van der Waals surface area contributed by atoms with Gasteiger partial charge in [0, 0.05) is 25.7 Å². The summed E-state index contributed by atoms with van der Waals surface area (Å²) in [7, 11) is -9.88. The first-order valence-corrected chi connectivity index (χ1v) is 37.0. The van der Waals surface area contributed by atoms with Gasteiger partial charge < -0.3 is 33.8 Å². The second-order valence-electron chi connectivity index (χ2n) is 24.5. The van der Waals surface area contributed by atoms with Crippen molar-refractivity contribution < 1.29 is 80.2 Å². The van der Waals surface area contributed by atoms with E-state index in [0.29, 0.717) is 31.6 Å². The van der Waals surface area contributed by atoms with Gasteiger partial charge in [-0.3, -0.25) is 37.3 Å². The summed E-state index contributed by atoms with van der Waals surface area (Å²) in [6, 6.07) is 0. The van der Waals surface area contributed by atoms with E-state index in [9.17, 15) is 43.2 Å². The minimum absolute atomic E-state index is 0.101. The van der Waals surface area contributed by atoms with Crippen LogP contribution in [0.2, 0.25) is 0 Å². The monoisotopic (exact) mass is 1240 g/mol. The number of phosphoric acid groups is 2. The summed E-state index contributed by atoms with van der Waals surface area (Å²) in [5.74, 6) is -0.752. The van der Waals surface area contributed by atoms with Crippen molar-refractivity contribution in [2.24, 2.45) is 11.8 Å². The lowest BCUT2D eigenvalue weighted by molar-refractivity contribution is -0.161. The van der Waals surface area contributed by atoms with Crippen molar-refractivity contribution in [3.05, 3.63) is 0 Å². The van der Waals surface area contributed by atoms with Gasteiger partial charge in [0.2, 0.25) is 0 Å². The first-order valence-electron chi connectivity index (χ1n) is 34.0. The van der Waals surface area contributed by atoms with E-state index in [2.05, 4.69) is 41.5 Å². The quantitative estimate of drug-likeness (QED) is 0.0222. The molecule has 2 unspecified atom stereocenters. The largest absolute Gasteiger partial charge is 0.472 e. The molecular weight excluding hydrogens is 1110 g/mol. The number of phosphoric ester groups is 2. The Hall–Kier alpha value is -1.94. The summed E-state index contributed by atoms with van der Waals surface area (Å²) in [5, 5.41) is 10.5. The fourth-order valence-corrected chi connectivity index (χ4v) is 11.3. The standard InChI is InChI=1S/C65H126O17P2/c1-7-9-11-13-14-15-16-17-18-19-20-21-22-23-24-25-30-37-43-49-64(69)81-61(54-76-63(68)48-42-36-29-27-26-28-34-39-45-57(3)4)56-80-84(73,74)78-52-59(66)51-77-83(71,72)79-55-60(53-75-62(67)47-41-33-12-10-8-2)82-65(70)50-44-38-32-31-35-40-46-58(5)6/h57-61,66H,7-56H2,1-6H3,(H,71,72)(H,73,74)/t59-,60+,61+/m0/s1. The van der Waals surface area contributed by atoms with Crippen LogP contribution in [-0.2, 0) is 65.4 Å². The molecule has 19 heteroatoms. The molecule has 3 N–H and O–H groups in total. The van der Waals surface area contributed by atoms with E-state index in [1.54, 1.807) is 0 Å². The third-order valence-electron chi connectivity index (χ3n) is 15.0. The number of carbonyl (C=O) groups is 4. The van der Waals surface area contributed by atoms with Gasteiger partial charge in [-0.2, -0.15) is 0 Å². The molecule has 0 aromatic rings. The number of hydrogen-bond acceptors (Lipinski definition) is 15. The Labute approximate surface area is 511 Å². The van der Waals surface area contributed by atoms with Crippen LogP contribution in [0.1, 0.15) is 324 Å². The zero-order chi connectivity index (χ0) is 62.2. The van der Waals surface area contributed by atoms with E-state index in [4.69, 9.17) is 37.0 Å². The first kappa shape index (κ1) is 82.1. The van der Waals surface area contributed by atoms with Crippen LogP contribution in [0, 0.1) is 11.8 Å². The number of aliphatic hydroxyl groups excluding tert-OH is 1. The molecule has 0 saturated carbocycles. The van der Waals surface area contributed by atoms with Gasteiger partial charge in [0.15, 0.2) is 12.2 Å². The molecule has 0 radical (unpaired) electrons. The van der Waals surface area contributed by atoms with E-state index in [1.165, 1.54) is 135 Å². The molecule has 0 bridgehead atoms. The third-order valence-corrected chi connectivity index (χ3v) is 16.9. The highest BCUT2D eigenvalue weighted by Crippen LogP contribution is 2.45. The molecular formula is C65H126O17P2. The zero-order valence-electron chi connectivity index (χ0n) is 54.2. The summed E-state index contributed by atoms with van der Waals surface area (Å²) in [4.78, 5) is 71.9. The molecule has 0 amide bonds. The smallest absolute Gasteiger partial charge is 0.462 e. The number of rotatable bonds is 64. The van der Waals surface area contributed by atoms with Crippen molar-refractivity contribution >= 4 is 39.5 Å².